The van der Waals surface area contributed by atoms with Crippen LogP contribution in [-0.2, 0) is 33.4 Å². The minimum Gasteiger partial charge on any atom is -0.379 e. The van der Waals surface area contributed by atoms with Crippen LogP contribution in [0.15, 0.2) is 24.4 Å². The van der Waals surface area contributed by atoms with Crippen molar-refractivity contribution >= 4 is 5.91 Å². The van der Waals surface area contributed by atoms with Gasteiger partial charge in [0.15, 0.2) is 0 Å². The van der Waals surface area contributed by atoms with Gasteiger partial charge in [0.1, 0.15) is 0 Å². The summed E-state index contributed by atoms with van der Waals surface area (Å²) in [6.45, 7) is 4.65. The summed E-state index contributed by atoms with van der Waals surface area (Å²) in [6.07, 6.45) is -8.25. The highest BCUT2D eigenvalue weighted by Crippen LogP contribution is 2.49. The number of nitrogens with one attached hydrogen (secondary N) is 1. The zero-order chi connectivity index (χ0) is 27.0. The van der Waals surface area contributed by atoms with E-state index in [2.05, 4.69) is 16.9 Å². The van der Waals surface area contributed by atoms with E-state index in [9.17, 15) is 31.1 Å². The van der Waals surface area contributed by atoms with Gasteiger partial charge in [-0.3, -0.25) is 9.78 Å². The minimum absolute atomic E-state index is 0.0701. The Balaban J connectivity index is 1.56. The lowest BCUT2D eigenvalue weighted by Gasteiger charge is -2.39. The molecule has 6 nitrogen and oxygen atoms in total. The Kier molecular flexibility index (Phi) is 7.92. The van der Waals surface area contributed by atoms with Crippen LogP contribution in [0, 0.1) is 5.41 Å². The molecule has 1 amide bonds. The molecule has 1 saturated heterocycles. The lowest BCUT2D eigenvalue weighted by atomic mass is 9.75. The van der Waals surface area contributed by atoms with Crippen molar-refractivity contribution in [3.05, 3.63) is 41.2 Å². The van der Waals surface area contributed by atoms with E-state index in [0.29, 0.717) is 31.7 Å². The third-order valence-electron chi connectivity index (χ3n) is 7.73. The molecule has 4 rings (SSSR count). The van der Waals surface area contributed by atoms with Gasteiger partial charge >= 0.3 is 12.4 Å². The molecular formula is C25H31F6N3O3. The summed E-state index contributed by atoms with van der Waals surface area (Å²) >= 11 is 0. The number of aromatic nitrogens is 1. The first kappa shape index (κ1) is 27.8. The quantitative estimate of drug-likeness (QED) is 0.432. The van der Waals surface area contributed by atoms with E-state index in [4.69, 9.17) is 9.47 Å². The highest BCUT2D eigenvalue weighted by molar-refractivity contribution is 5.86. The van der Waals surface area contributed by atoms with Crippen molar-refractivity contribution < 1.29 is 40.6 Å². The van der Waals surface area contributed by atoms with Gasteiger partial charge in [0.05, 0.1) is 30.1 Å². The largest absolute Gasteiger partial charge is 0.417 e. The molecule has 0 aromatic carbocycles. The van der Waals surface area contributed by atoms with Gasteiger partial charge in [-0.15, -0.1) is 0 Å². The smallest absolute Gasteiger partial charge is 0.379 e. The summed E-state index contributed by atoms with van der Waals surface area (Å²) in [6, 6.07) is 0.651. The Morgan fingerprint density at radius 3 is 2.73 bits per heavy atom. The van der Waals surface area contributed by atoms with Gasteiger partial charge in [-0.05, 0) is 37.3 Å². The van der Waals surface area contributed by atoms with Crippen LogP contribution in [0.3, 0.4) is 0 Å². The number of rotatable bonds is 6. The van der Waals surface area contributed by atoms with Gasteiger partial charge in [0.25, 0.3) is 0 Å². The third kappa shape index (κ3) is 6.12. The second kappa shape index (κ2) is 10.5. The number of nitrogens with zero attached hydrogens (tertiary/aromatic N) is 2. The first-order valence-electron chi connectivity index (χ1n) is 12.3. The van der Waals surface area contributed by atoms with Gasteiger partial charge in [-0.2, -0.15) is 26.3 Å². The molecule has 0 spiro atoms. The van der Waals surface area contributed by atoms with Crippen LogP contribution in [0.4, 0.5) is 26.3 Å². The van der Waals surface area contributed by atoms with Crippen LogP contribution in [0.25, 0.3) is 0 Å². The number of halogens is 6. The molecule has 1 aliphatic carbocycles. The zero-order valence-electron chi connectivity index (χ0n) is 20.6. The SMILES string of the molecule is C=C(CC(F)(F)F)[C@]1(C(=O)N2CCc3ncc(C(F)(F)F)cc3C2)CC[C@@H](NC2CCOCC2OC)C1. The fourth-order valence-corrected chi connectivity index (χ4v) is 5.76. The molecule has 3 heterocycles. The lowest BCUT2D eigenvalue weighted by molar-refractivity contribution is -0.145. The van der Waals surface area contributed by atoms with Gasteiger partial charge in [-0.25, -0.2) is 0 Å². The molecule has 1 aromatic heterocycles. The molecule has 1 aromatic rings. The van der Waals surface area contributed by atoms with Gasteiger partial charge in [0, 0.05) is 57.2 Å². The predicted octanol–water partition coefficient (Wildman–Crippen LogP) is 4.43. The fourth-order valence-electron chi connectivity index (χ4n) is 5.76. The molecule has 206 valence electrons. The number of fused-ring (bicyclic) bond motifs is 1. The average molecular weight is 536 g/mol. The number of alkyl halides is 6. The molecule has 2 unspecified atom stereocenters. The fraction of sp³-hybridized carbons (Fsp3) is 0.680. The number of carbonyl (C=O) groups excluding carboxylic acids is 1. The van der Waals surface area contributed by atoms with Crippen molar-refractivity contribution in [2.24, 2.45) is 5.41 Å². The number of carbonyl (C=O) groups is 1. The second-order valence-electron chi connectivity index (χ2n) is 10.1. The van der Waals surface area contributed by atoms with E-state index in [-0.39, 0.29) is 61.7 Å². The number of hydrogen-bond acceptors (Lipinski definition) is 5. The highest BCUT2D eigenvalue weighted by Gasteiger charge is 2.52. The molecule has 37 heavy (non-hydrogen) atoms. The highest BCUT2D eigenvalue weighted by atomic mass is 19.4. The second-order valence-corrected chi connectivity index (χ2v) is 10.1. The molecule has 2 fully saturated rings. The molecule has 1 saturated carbocycles. The number of amides is 1. The number of methoxy groups -OCH3 is 1. The van der Waals surface area contributed by atoms with Crippen LogP contribution in [-0.4, -0.2) is 67.0 Å². The van der Waals surface area contributed by atoms with Crippen molar-refractivity contribution in [2.45, 2.75) is 75.6 Å². The molecule has 12 heteroatoms. The summed E-state index contributed by atoms with van der Waals surface area (Å²) in [5.41, 5.74) is -1.89. The zero-order valence-corrected chi connectivity index (χ0v) is 20.6. The van der Waals surface area contributed by atoms with Gasteiger partial charge in [0.2, 0.25) is 5.91 Å². The van der Waals surface area contributed by atoms with E-state index in [1.807, 2.05) is 0 Å². The van der Waals surface area contributed by atoms with Crippen molar-refractivity contribution in [2.75, 3.05) is 26.9 Å². The topological polar surface area (TPSA) is 63.7 Å². The van der Waals surface area contributed by atoms with Crippen LogP contribution in [0.2, 0.25) is 0 Å². The predicted molar refractivity (Wildman–Crippen MR) is 121 cm³/mol. The Labute approximate surface area is 211 Å². The third-order valence-corrected chi connectivity index (χ3v) is 7.73. The maximum absolute atomic E-state index is 13.9. The molecule has 1 N–H and O–H groups in total. The Morgan fingerprint density at radius 2 is 2.05 bits per heavy atom. The maximum Gasteiger partial charge on any atom is 0.417 e. The first-order valence-corrected chi connectivity index (χ1v) is 12.3. The summed E-state index contributed by atoms with van der Waals surface area (Å²) in [4.78, 5) is 19.2. The van der Waals surface area contributed by atoms with E-state index in [1.54, 1.807) is 7.11 Å². The molecule has 0 radical (unpaired) electrons. The summed E-state index contributed by atoms with van der Waals surface area (Å²) in [5, 5.41) is 3.46. The number of ether oxygens (including phenoxy) is 2. The average Bonchev–Trinajstić information content (AvgIpc) is 3.26. The number of pyridine rings is 1. The first-order chi connectivity index (χ1) is 17.3. The van der Waals surface area contributed by atoms with Crippen molar-refractivity contribution in [1.82, 2.24) is 15.2 Å². The van der Waals surface area contributed by atoms with Crippen LogP contribution < -0.4 is 5.32 Å². The van der Waals surface area contributed by atoms with Crippen molar-refractivity contribution in [3.63, 3.8) is 0 Å². The maximum atomic E-state index is 13.9. The van der Waals surface area contributed by atoms with E-state index in [0.717, 1.165) is 12.3 Å². The molecule has 2 aliphatic heterocycles. The Bertz CT molecular complexity index is 1010. The van der Waals surface area contributed by atoms with Gasteiger partial charge in [-0.1, -0.05) is 12.2 Å². The molecular weight excluding hydrogens is 504 g/mol. The van der Waals surface area contributed by atoms with Crippen LogP contribution in [0.5, 0.6) is 0 Å². The lowest BCUT2D eigenvalue weighted by Crippen LogP contribution is -2.51. The van der Waals surface area contributed by atoms with Gasteiger partial charge < -0.3 is 19.7 Å². The summed E-state index contributed by atoms with van der Waals surface area (Å²) in [7, 11) is 1.56. The summed E-state index contributed by atoms with van der Waals surface area (Å²) in [5.74, 6) is -0.524. The van der Waals surface area contributed by atoms with E-state index >= 15 is 0 Å². The molecule has 4 atom stereocenters. The summed E-state index contributed by atoms with van der Waals surface area (Å²) < 4.78 is 90.8. The number of hydrogen-bond donors (Lipinski definition) is 1. The molecule has 0 bridgehead atoms. The minimum atomic E-state index is -4.59. The van der Waals surface area contributed by atoms with Crippen molar-refractivity contribution in [3.8, 4) is 0 Å². The van der Waals surface area contributed by atoms with Crippen LogP contribution in [0.1, 0.15) is 48.9 Å². The van der Waals surface area contributed by atoms with E-state index < -0.39 is 35.7 Å². The Hall–Kier alpha value is -2.18. The Morgan fingerprint density at radius 1 is 1.30 bits per heavy atom. The van der Waals surface area contributed by atoms with Crippen molar-refractivity contribution in [1.29, 1.82) is 0 Å². The van der Waals surface area contributed by atoms with E-state index in [1.165, 1.54) is 4.90 Å². The monoisotopic (exact) mass is 535 g/mol. The molecule has 3 aliphatic rings. The standard InChI is InChI=1S/C25H31F6N3O3/c1-15(10-24(26,27)28)23(6-3-18(11-23)33-20-5-8-37-14-21(20)36-2)22(35)34-7-4-19-16(13-34)9-17(12-32-19)25(29,30)31/h9,12,18,20-21,33H,1,3-8,10-11,13-14H2,2H3/t18-,20?,21?,23+/m1/s1. The van der Waals surface area contributed by atoms with Crippen LogP contribution >= 0.6 is 0 Å². The normalized spacial score (nSPS) is 28.7.